The molecule has 2 aliphatic heterocycles. The Bertz CT molecular complexity index is 1490. The lowest BCUT2D eigenvalue weighted by Crippen LogP contribution is -2.39. The first-order valence-electron chi connectivity index (χ1n) is 13.6. The van der Waals surface area contributed by atoms with Crippen LogP contribution in [-0.2, 0) is 14.8 Å². The van der Waals surface area contributed by atoms with Gasteiger partial charge in [-0.3, -0.25) is 9.59 Å². The summed E-state index contributed by atoms with van der Waals surface area (Å²) in [5.41, 5.74) is 1.36. The molecule has 5 rings (SSSR count). The summed E-state index contributed by atoms with van der Waals surface area (Å²) in [5.74, 6) is 1.42. The molecule has 216 valence electrons. The Hall–Kier alpha value is -4.09. The average molecular weight is 580 g/mol. The van der Waals surface area contributed by atoms with Crippen LogP contribution < -0.4 is 24.4 Å². The van der Waals surface area contributed by atoms with E-state index in [1.807, 2.05) is 24.3 Å². The molecule has 1 N–H and O–H groups in total. The largest absolute Gasteiger partial charge is 0.497 e. The second-order valence-electron chi connectivity index (χ2n) is 9.84. The minimum absolute atomic E-state index is 0.0648. The molecule has 0 saturated carbocycles. The van der Waals surface area contributed by atoms with Crippen molar-refractivity contribution in [1.82, 2.24) is 4.31 Å². The summed E-state index contributed by atoms with van der Waals surface area (Å²) in [5, 5.41) is 2.84. The lowest BCUT2D eigenvalue weighted by atomic mass is 10.1. The van der Waals surface area contributed by atoms with Crippen LogP contribution in [0.4, 0.5) is 11.4 Å². The van der Waals surface area contributed by atoms with Crippen LogP contribution in [0.5, 0.6) is 17.2 Å². The van der Waals surface area contributed by atoms with Crippen molar-refractivity contribution in [3.63, 3.8) is 0 Å². The van der Waals surface area contributed by atoms with E-state index in [1.54, 1.807) is 30.2 Å². The monoisotopic (exact) mass is 579 g/mol. The predicted molar refractivity (Wildman–Crippen MR) is 154 cm³/mol. The zero-order valence-corrected chi connectivity index (χ0v) is 23.7. The number of carbonyl (C=O) groups is 2. The predicted octanol–water partition coefficient (Wildman–Crippen LogP) is 4.32. The highest BCUT2D eigenvalue weighted by Gasteiger charge is 2.27. The molecular formula is C30H33N3O7S. The number of hydrogen-bond donors (Lipinski definition) is 1. The summed E-state index contributed by atoms with van der Waals surface area (Å²) >= 11 is 0. The summed E-state index contributed by atoms with van der Waals surface area (Å²) in [7, 11) is -1.97. The van der Waals surface area contributed by atoms with E-state index >= 15 is 0 Å². The van der Waals surface area contributed by atoms with Gasteiger partial charge >= 0.3 is 0 Å². The minimum Gasteiger partial charge on any atom is -0.497 e. The van der Waals surface area contributed by atoms with E-state index in [9.17, 15) is 18.0 Å². The Morgan fingerprint density at radius 1 is 0.951 bits per heavy atom. The van der Waals surface area contributed by atoms with Crippen molar-refractivity contribution in [1.29, 1.82) is 0 Å². The van der Waals surface area contributed by atoms with Gasteiger partial charge in [-0.15, -0.1) is 0 Å². The fourth-order valence-corrected chi connectivity index (χ4v) is 6.36. The van der Waals surface area contributed by atoms with Crippen molar-refractivity contribution < 1.29 is 32.2 Å². The molecule has 1 fully saturated rings. The van der Waals surface area contributed by atoms with Gasteiger partial charge in [0.15, 0.2) is 6.61 Å². The normalized spacial score (nSPS) is 15.5. The minimum atomic E-state index is -3.58. The van der Waals surface area contributed by atoms with Crippen LogP contribution in [0, 0.1) is 0 Å². The smallest absolute Gasteiger partial charge is 0.265 e. The van der Waals surface area contributed by atoms with Crippen molar-refractivity contribution in [2.75, 3.05) is 50.2 Å². The molecule has 0 unspecified atom stereocenters. The van der Waals surface area contributed by atoms with E-state index in [2.05, 4.69) is 5.32 Å². The highest BCUT2D eigenvalue weighted by atomic mass is 32.2. The molecule has 41 heavy (non-hydrogen) atoms. The van der Waals surface area contributed by atoms with Gasteiger partial charge in [0.05, 0.1) is 24.3 Å². The number of benzene rings is 3. The van der Waals surface area contributed by atoms with Crippen molar-refractivity contribution in [3.8, 4) is 17.2 Å². The molecule has 0 aromatic heterocycles. The molecule has 2 amide bonds. The Morgan fingerprint density at radius 2 is 1.66 bits per heavy atom. The number of hydrogen-bond acceptors (Lipinski definition) is 7. The maximum atomic E-state index is 13.0. The van der Waals surface area contributed by atoms with Gasteiger partial charge in [0.25, 0.3) is 11.8 Å². The van der Waals surface area contributed by atoms with Gasteiger partial charge in [0.2, 0.25) is 10.0 Å². The highest BCUT2D eigenvalue weighted by Crippen LogP contribution is 2.35. The van der Waals surface area contributed by atoms with Crippen molar-refractivity contribution >= 4 is 33.2 Å². The van der Waals surface area contributed by atoms with Gasteiger partial charge in [0, 0.05) is 30.9 Å². The van der Waals surface area contributed by atoms with Gasteiger partial charge in [-0.1, -0.05) is 6.42 Å². The van der Waals surface area contributed by atoms with Crippen LogP contribution in [0.3, 0.4) is 0 Å². The van der Waals surface area contributed by atoms with Crippen molar-refractivity contribution in [2.24, 2.45) is 0 Å². The SMILES string of the molecule is COc1ccc(OCCCN2C(=O)COc3ccc(NC(=O)c4ccc(S(=O)(=O)N5CCCCC5)cc4)cc32)cc1. The Morgan fingerprint density at radius 3 is 2.37 bits per heavy atom. The molecule has 2 aliphatic rings. The van der Waals surface area contributed by atoms with Gasteiger partial charge in [0.1, 0.15) is 17.2 Å². The third kappa shape index (κ3) is 6.63. The number of amides is 2. The third-order valence-corrected chi connectivity index (χ3v) is 9.00. The fraction of sp³-hybridized carbons (Fsp3) is 0.333. The summed E-state index contributed by atoms with van der Waals surface area (Å²) in [4.78, 5) is 27.5. The third-order valence-electron chi connectivity index (χ3n) is 7.08. The number of nitrogens with zero attached hydrogens (tertiary/aromatic N) is 2. The Kier molecular flexibility index (Phi) is 8.75. The molecule has 1 saturated heterocycles. The summed E-state index contributed by atoms with van der Waals surface area (Å²) in [6.07, 6.45) is 3.32. The number of anilines is 2. The number of rotatable bonds is 10. The first-order chi connectivity index (χ1) is 19.8. The first-order valence-corrected chi connectivity index (χ1v) is 15.0. The van der Waals surface area contributed by atoms with E-state index in [0.29, 0.717) is 61.1 Å². The molecule has 0 radical (unpaired) electrons. The molecule has 3 aromatic carbocycles. The van der Waals surface area contributed by atoms with Gasteiger partial charge in [-0.05, 0) is 86.0 Å². The van der Waals surface area contributed by atoms with Crippen molar-refractivity contribution in [2.45, 2.75) is 30.6 Å². The lowest BCUT2D eigenvalue weighted by Gasteiger charge is -2.30. The number of nitrogens with one attached hydrogen (secondary N) is 1. The second-order valence-corrected chi connectivity index (χ2v) is 11.8. The van der Waals surface area contributed by atoms with E-state index in [-0.39, 0.29) is 17.4 Å². The zero-order chi connectivity index (χ0) is 28.8. The standard InChI is InChI=1S/C30H33N3O7S/c1-38-24-9-11-25(12-10-24)39-19-5-18-33-27-20-23(8-15-28(27)40-21-29(33)34)31-30(35)22-6-13-26(14-7-22)41(36,37)32-16-3-2-4-17-32/h6-15,20H,2-5,16-19,21H2,1H3,(H,31,35). The molecule has 0 bridgehead atoms. The molecule has 10 nitrogen and oxygen atoms in total. The molecule has 11 heteroatoms. The van der Waals surface area contributed by atoms with Crippen LogP contribution in [0.15, 0.2) is 71.6 Å². The van der Waals surface area contributed by atoms with E-state index < -0.39 is 15.9 Å². The van der Waals surface area contributed by atoms with Crippen LogP contribution in [0.2, 0.25) is 0 Å². The first kappa shape index (κ1) is 28.4. The highest BCUT2D eigenvalue weighted by molar-refractivity contribution is 7.89. The fourth-order valence-electron chi connectivity index (χ4n) is 4.85. The van der Waals surface area contributed by atoms with Crippen LogP contribution in [0.1, 0.15) is 36.0 Å². The number of fused-ring (bicyclic) bond motifs is 1. The summed E-state index contributed by atoms with van der Waals surface area (Å²) in [6, 6.07) is 18.3. The molecule has 0 aliphatic carbocycles. The van der Waals surface area contributed by atoms with Crippen LogP contribution >= 0.6 is 0 Å². The van der Waals surface area contributed by atoms with Crippen LogP contribution in [-0.4, -0.2) is 64.5 Å². The van der Waals surface area contributed by atoms with Gasteiger partial charge in [-0.2, -0.15) is 4.31 Å². The topological polar surface area (TPSA) is 114 Å². The number of piperidine rings is 1. The summed E-state index contributed by atoms with van der Waals surface area (Å²) in [6.45, 7) is 1.79. The number of sulfonamides is 1. The Balaban J connectivity index is 1.21. The number of methoxy groups -OCH3 is 1. The molecule has 0 atom stereocenters. The van der Waals surface area contributed by atoms with Crippen molar-refractivity contribution in [3.05, 3.63) is 72.3 Å². The molecule has 3 aromatic rings. The maximum absolute atomic E-state index is 13.0. The molecule has 2 heterocycles. The maximum Gasteiger partial charge on any atom is 0.265 e. The van der Waals surface area contributed by atoms with Crippen LogP contribution in [0.25, 0.3) is 0 Å². The number of carbonyl (C=O) groups excluding carboxylic acids is 2. The molecule has 0 spiro atoms. The second kappa shape index (κ2) is 12.6. The quantitative estimate of drug-likeness (QED) is 0.356. The van der Waals surface area contributed by atoms with E-state index in [1.165, 1.54) is 28.6 Å². The Labute approximate surface area is 239 Å². The number of ether oxygens (including phenoxy) is 3. The summed E-state index contributed by atoms with van der Waals surface area (Å²) < 4.78 is 43.9. The van der Waals surface area contributed by atoms with Gasteiger partial charge < -0.3 is 24.4 Å². The zero-order valence-electron chi connectivity index (χ0n) is 22.9. The average Bonchev–Trinajstić information content (AvgIpc) is 3.01. The van der Waals surface area contributed by atoms with E-state index in [4.69, 9.17) is 14.2 Å². The molecular weight excluding hydrogens is 546 g/mol. The lowest BCUT2D eigenvalue weighted by molar-refractivity contribution is -0.121. The van der Waals surface area contributed by atoms with Gasteiger partial charge in [-0.25, -0.2) is 8.42 Å². The van der Waals surface area contributed by atoms with E-state index in [0.717, 1.165) is 25.0 Å².